The summed E-state index contributed by atoms with van der Waals surface area (Å²) in [5.74, 6) is 1.13. The van der Waals surface area contributed by atoms with Crippen LogP contribution in [0.25, 0.3) is 0 Å². The highest BCUT2D eigenvalue weighted by Gasteiger charge is 2.26. The molecule has 0 bridgehead atoms. The normalized spacial score (nSPS) is 22.5. The van der Waals surface area contributed by atoms with Crippen LogP contribution in [0, 0.1) is 0 Å². The highest BCUT2D eigenvalue weighted by molar-refractivity contribution is 8.00. The van der Waals surface area contributed by atoms with E-state index in [2.05, 4.69) is 30.9 Å². The summed E-state index contributed by atoms with van der Waals surface area (Å²) in [5.41, 5.74) is 7.37. The quantitative estimate of drug-likeness (QED) is 0.875. The van der Waals surface area contributed by atoms with E-state index in [1.165, 1.54) is 5.56 Å². The van der Waals surface area contributed by atoms with Crippen LogP contribution < -0.4 is 5.73 Å². The number of hydrogen-bond donors (Lipinski definition) is 2. The third-order valence-corrected chi connectivity index (χ3v) is 5.56. The van der Waals surface area contributed by atoms with E-state index in [4.69, 9.17) is 5.73 Å². The molecule has 1 aromatic carbocycles. The molecular weight excluding hydrogens is 280 g/mol. The molecule has 1 aliphatic heterocycles. The Hall–Kier alpha value is -0.550. The Morgan fingerprint density at radius 3 is 2.71 bits per heavy atom. The van der Waals surface area contributed by atoms with E-state index < -0.39 is 6.10 Å². The molecule has 0 radical (unpaired) electrons. The van der Waals surface area contributed by atoms with Crippen LogP contribution in [0.5, 0.6) is 0 Å². The van der Waals surface area contributed by atoms with Crippen molar-refractivity contribution in [2.75, 3.05) is 25.4 Å². The molecule has 3 nitrogen and oxygen atoms in total. The summed E-state index contributed by atoms with van der Waals surface area (Å²) in [4.78, 5) is 2.36. The van der Waals surface area contributed by atoms with Gasteiger partial charge in [-0.05, 0) is 24.9 Å². The zero-order chi connectivity index (χ0) is 15.3. The standard InChI is InChI=1S/C17H28N2OS/c1-17(2)8-9-19(10-11-21-17)13-16(20)15(18)12-14-6-4-3-5-7-14/h3-7,15-16,20H,8-13,18H2,1-2H3. The smallest absolute Gasteiger partial charge is 0.0820 e. The Labute approximate surface area is 132 Å². The van der Waals surface area contributed by atoms with E-state index in [1.807, 2.05) is 30.0 Å². The molecule has 0 spiro atoms. The van der Waals surface area contributed by atoms with Gasteiger partial charge in [0.1, 0.15) is 0 Å². The van der Waals surface area contributed by atoms with Gasteiger partial charge >= 0.3 is 0 Å². The second-order valence-electron chi connectivity index (χ2n) is 6.58. The van der Waals surface area contributed by atoms with Crippen LogP contribution in [0.4, 0.5) is 0 Å². The summed E-state index contributed by atoms with van der Waals surface area (Å²) in [6.07, 6.45) is 1.44. The van der Waals surface area contributed by atoms with Crippen molar-refractivity contribution in [1.29, 1.82) is 0 Å². The van der Waals surface area contributed by atoms with Crippen LogP contribution in [-0.4, -0.2) is 52.3 Å². The minimum Gasteiger partial charge on any atom is -0.390 e. The molecular formula is C17H28N2OS. The summed E-state index contributed by atoms with van der Waals surface area (Å²) in [5, 5.41) is 10.4. The molecule has 0 saturated carbocycles. The van der Waals surface area contributed by atoms with Gasteiger partial charge in [0.05, 0.1) is 6.10 Å². The van der Waals surface area contributed by atoms with Crippen LogP contribution in [0.1, 0.15) is 25.8 Å². The number of nitrogens with two attached hydrogens (primary N) is 1. The minimum atomic E-state index is -0.462. The molecule has 21 heavy (non-hydrogen) atoms. The fourth-order valence-electron chi connectivity index (χ4n) is 2.67. The maximum atomic E-state index is 10.4. The molecule has 4 heteroatoms. The van der Waals surface area contributed by atoms with Gasteiger partial charge < -0.3 is 10.8 Å². The van der Waals surface area contributed by atoms with Gasteiger partial charge in [0.25, 0.3) is 0 Å². The second-order valence-corrected chi connectivity index (χ2v) is 8.38. The van der Waals surface area contributed by atoms with E-state index in [-0.39, 0.29) is 6.04 Å². The van der Waals surface area contributed by atoms with Crippen molar-refractivity contribution in [3.8, 4) is 0 Å². The molecule has 0 amide bonds. The van der Waals surface area contributed by atoms with Crippen molar-refractivity contribution < 1.29 is 5.11 Å². The van der Waals surface area contributed by atoms with Crippen molar-refractivity contribution in [3.05, 3.63) is 35.9 Å². The molecule has 1 aliphatic rings. The molecule has 2 atom stereocenters. The first-order valence-corrected chi connectivity index (χ1v) is 8.79. The number of nitrogens with zero attached hydrogens (tertiary/aromatic N) is 1. The lowest BCUT2D eigenvalue weighted by atomic mass is 10.0. The fraction of sp³-hybridized carbons (Fsp3) is 0.647. The molecule has 2 rings (SSSR count). The lowest BCUT2D eigenvalue weighted by Gasteiger charge is -2.27. The number of hydrogen-bond acceptors (Lipinski definition) is 4. The van der Waals surface area contributed by atoms with E-state index in [0.29, 0.717) is 11.3 Å². The Morgan fingerprint density at radius 2 is 2.00 bits per heavy atom. The largest absolute Gasteiger partial charge is 0.390 e. The summed E-state index contributed by atoms with van der Waals surface area (Å²) in [7, 11) is 0. The maximum Gasteiger partial charge on any atom is 0.0820 e. The monoisotopic (exact) mass is 308 g/mol. The number of rotatable bonds is 5. The highest BCUT2D eigenvalue weighted by atomic mass is 32.2. The van der Waals surface area contributed by atoms with Crippen molar-refractivity contribution in [2.24, 2.45) is 5.73 Å². The lowest BCUT2D eigenvalue weighted by Crippen LogP contribution is -2.45. The molecule has 0 aliphatic carbocycles. The molecule has 118 valence electrons. The molecule has 1 saturated heterocycles. The fourth-order valence-corrected chi connectivity index (χ4v) is 3.80. The van der Waals surface area contributed by atoms with Gasteiger partial charge in [-0.15, -0.1) is 0 Å². The van der Waals surface area contributed by atoms with Gasteiger partial charge in [-0.25, -0.2) is 0 Å². The van der Waals surface area contributed by atoms with E-state index >= 15 is 0 Å². The number of aliphatic hydroxyl groups excluding tert-OH is 1. The minimum absolute atomic E-state index is 0.198. The van der Waals surface area contributed by atoms with Gasteiger partial charge in [-0.2, -0.15) is 11.8 Å². The Balaban J connectivity index is 1.81. The van der Waals surface area contributed by atoms with Crippen LogP contribution in [0.15, 0.2) is 30.3 Å². The van der Waals surface area contributed by atoms with E-state index in [9.17, 15) is 5.11 Å². The Morgan fingerprint density at radius 1 is 1.29 bits per heavy atom. The van der Waals surface area contributed by atoms with Gasteiger partial charge in [0.2, 0.25) is 0 Å². The predicted molar refractivity (Wildman–Crippen MR) is 91.7 cm³/mol. The molecule has 3 N–H and O–H groups in total. The van der Waals surface area contributed by atoms with Crippen molar-refractivity contribution in [1.82, 2.24) is 4.90 Å². The molecule has 1 heterocycles. The van der Waals surface area contributed by atoms with Crippen LogP contribution >= 0.6 is 11.8 Å². The molecule has 0 aromatic heterocycles. The van der Waals surface area contributed by atoms with Crippen molar-refractivity contribution in [3.63, 3.8) is 0 Å². The first-order valence-electron chi connectivity index (χ1n) is 7.80. The summed E-state index contributed by atoms with van der Waals surface area (Å²) < 4.78 is 0.353. The highest BCUT2D eigenvalue weighted by Crippen LogP contribution is 2.30. The van der Waals surface area contributed by atoms with Gasteiger partial charge in [0, 0.05) is 29.6 Å². The third kappa shape index (κ3) is 5.62. The van der Waals surface area contributed by atoms with Crippen LogP contribution in [-0.2, 0) is 6.42 Å². The van der Waals surface area contributed by atoms with Crippen LogP contribution in [0.2, 0.25) is 0 Å². The zero-order valence-corrected chi connectivity index (χ0v) is 14.0. The number of aliphatic hydroxyl groups is 1. The maximum absolute atomic E-state index is 10.4. The number of thioether (sulfide) groups is 1. The zero-order valence-electron chi connectivity index (χ0n) is 13.2. The first-order chi connectivity index (χ1) is 9.96. The average molecular weight is 308 g/mol. The number of β-amino-alcohol motifs (C(OH)–C–C–N with tert-alkyl or cyclic N) is 1. The van der Waals surface area contributed by atoms with Crippen molar-refractivity contribution >= 4 is 11.8 Å². The van der Waals surface area contributed by atoms with Crippen LogP contribution in [0.3, 0.4) is 0 Å². The van der Waals surface area contributed by atoms with Gasteiger partial charge in [-0.3, -0.25) is 4.90 Å². The summed E-state index contributed by atoms with van der Waals surface area (Å²) in [6.45, 7) is 7.39. The van der Waals surface area contributed by atoms with E-state index in [0.717, 1.165) is 31.7 Å². The summed E-state index contributed by atoms with van der Waals surface area (Å²) >= 11 is 2.03. The number of benzene rings is 1. The average Bonchev–Trinajstić information content (AvgIpc) is 2.61. The van der Waals surface area contributed by atoms with E-state index in [1.54, 1.807) is 0 Å². The van der Waals surface area contributed by atoms with Gasteiger partial charge in [-0.1, -0.05) is 44.2 Å². The molecule has 2 unspecified atom stereocenters. The first kappa shape index (κ1) is 16.8. The molecule has 1 fully saturated rings. The second kappa shape index (κ2) is 7.63. The Kier molecular flexibility index (Phi) is 6.11. The third-order valence-electron chi connectivity index (χ3n) is 4.18. The molecule has 1 aromatic rings. The SMILES string of the molecule is CC1(C)CCN(CC(O)C(N)Cc2ccccc2)CCS1. The predicted octanol–water partition coefficient (Wildman–Crippen LogP) is 2.13. The van der Waals surface area contributed by atoms with Gasteiger partial charge in [0.15, 0.2) is 0 Å². The topological polar surface area (TPSA) is 49.5 Å². The Bertz CT molecular complexity index is 424. The summed E-state index contributed by atoms with van der Waals surface area (Å²) in [6, 6.07) is 9.97. The van der Waals surface area contributed by atoms with Crippen molar-refractivity contribution in [2.45, 2.75) is 43.6 Å². The lowest BCUT2D eigenvalue weighted by molar-refractivity contribution is 0.0930.